The molecule has 0 unspecified atom stereocenters. The van der Waals surface area contributed by atoms with Crippen molar-refractivity contribution in [3.63, 3.8) is 0 Å². The van der Waals surface area contributed by atoms with Crippen LogP contribution in [0.25, 0.3) is 0 Å². The number of rotatable bonds is 2. The first-order chi connectivity index (χ1) is 6.68. The lowest BCUT2D eigenvalue weighted by atomic mass is 9.65. The predicted octanol–water partition coefficient (Wildman–Crippen LogP) is 3.58. The zero-order valence-corrected chi connectivity index (χ0v) is 10.1. The lowest BCUT2D eigenvalue weighted by molar-refractivity contribution is -0.0726. The molecule has 0 spiro atoms. The predicted molar refractivity (Wildman–Crippen MR) is 59.0 cm³/mol. The summed E-state index contributed by atoms with van der Waals surface area (Å²) in [6.45, 7) is 6.99. The van der Waals surface area contributed by atoms with E-state index in [0.717, 1.165) is 6.42 Å². The van der Waals surface area contributed by atoms with Crippen LogP contribution in [0.3, 0.4) is 0 Å². The summed E-state index contributed by atoms with van der Waals surface area (Å²) >= 11 is 0. The lowest BCUT2D eigenvalue weighted by Crippen LogP contribution is -2.41. The summed E-state index contributed by atoms with van der Waals surface area (Å²) in [5, 5.41) is 0. The van der Waals surface area contributed by atoms with Gasteiger partial charge in [-0.3, -0.25) is 0 Å². The molecule has 0 aromatic heterocycles. The van der Waals surface area contributed by atoms with E-state index >= 15 is 0 Å². The van der Waals surface area contributed by atoms with Crippen LogP contribution in [0.1, 0.15) is 52.9 Å². The van der Waals surface area contributed by atoms with Crippen LogP contribution in [-0.4, -0.2) is 12.5 Å². The van der Waals surface area contributed by atoms with Gasteiger partial charge in [0.15, 0.2) is 0 Å². The quantitative estimate of drug-likeness (QED) is 0.754. The average Bonchev–Trinajstić information content (AvgIpc) is 2.07. The Morgan fingerprint density at radius 3 is 1.87 bits per heavy atom. The highest BCUT2D eigenvalue weighted by Gasteiger charge is 2.43. The van der Waals surface area contributed by atoms with Gasteiger partial charge in [0.25, 0.3) is 0 Å². The van der Waals surface area contributed by atoms with E-state index in [1.165, 1.54) is 0 Å². The molecule has 0 aromatic carbocycles. The third-order valence-electron chi connectivity index (χ3n) is 3.38. The van der Waals surface area contributed by atoms with Crippen molar-refractivity contribution in [2.75, 3.05) is 6.54 Å². The van der Waals surface area contributed by atoms with Gasteiger partial charge in [-0.2, -0.15) is 0 Å². The molecule has 3 heteroatoms. The van der Waals surface area contributed by atoms with Gasteiger partial charge in [-0.15, -0.1) is 0 Å². The summed E-state index contributed by atoms with van der Waals surface area (Å²) in [7, 11) is 0. The number of halogens is 2. The molecule has 0 atom stereocenters. The number of hydrogen-bond acceptors (Lipinski definition) is 1. The van der Waals surface area contributed by atoms with Gasteiger partial charge in [0.05, 0.1) is 0 Å². The van der Waals surface area contributed by atoms with E-state index in [1.54, 1.807) is 0 Å². The van der Waals surface area contributed by atoms with Crippen LogP contribution in [0, 0.1) is 10.8 Å². The number of nitrogens with two attached hydrogens (primary N) is 1. The summed E-state index contributed by atoms with van der Waals surface area (Å²) in [6.07, 6.45) is 2.13. The standard InChI is InChI=1S/C12H23F2N/c1-10(2,3)8-11(9-15)4-6-12(13,14)7-5-11/h4-9,15H2,1-3H3. The Kier molecular flexibility index (Phi) is 3.44. The summed E-state index contributed by atoms with van der Waals surface area (Å²) in [5.74, 6) is -2.45. The Labute approximate surface area is 91.4 Å². The monoisotopic (exact) mass is 219 g/mol. The SMILES string of the molecule is CC(C)(C)CC1(CN)CCC(F)(F)CC1. The molecule has 0 aromatic rings. The molecular formula is C12H23F2N. The second-order valence-corrected chi connectivity index (χ2v) is 6.30. The Bertz CT molecular complexity index is 208. The van der Waals surface area contributed by atoms with Crippen molar-refractivity contribution in [1.29, 1.82) is 0 Å². The minimum Gasteiger partial charge on any atom is -0.330 e. The second-order valence-electron chi connectivity index (χ2n) is 6.30. The molecule has 2 N–H and O–H groups in total. The molecule has 0 radical (unpaired) electrons. The zero-order chi connectivity index (χ0) is 11.7. The Morgan fingerprint density at radius 2 is 1.53 bits per heavy atom. The average molecular weight is 219 g/mol. The smallest absolute Gasteiger partial charge is 0.248 e. The van der Waals surface area contributed by atoms with Gasteiger partial charge in [0, 0.05) is 12.8 Å². The lowest BCUT2D eigenvalue weighted by Gasteiger charge is -2.43. The van der Waals surface area contributed by atoms with Gasteiger partial charge in [-0.05, 0) is 36.6 Å². The topological polar surface area (TPSA) is 26.0 Å². The molecular weight excluding hydrogens is 196 g/mol. The van der Waals surface area contributed by atoms with Crippen LogP contribution in [0.4, 0.5) is 8.78 Å². The molecule has 1 rings (SSSR count). The molecule has 0 saturated heterocycles. The Hall–Kier alpha value is -0.180. The van der Waals surface area contributed by atoms with Gasteiger partial charge in [-0.1, -0.05) is 20.8 Å². The molecule has 1 aliphatic carbocycles. The number of hydrogen-bond donors (Lipinski definition) is 1. The van der Waals surface area contributed by atoms with E-state index in [2.05, 4.69) is 20.8 Å². The van der Waals surface area contributed by atoms with Gasteiger partial charge in [0.1, 0.15) is 0 Å². The normalized spacial score (nSPS) is 25.2. The van der Waals surface area contributed by atoms with Gasteiger partial charge < -0.3 is 5.73 Å². The van der Waals surface area contributed by atoms with Crippen LogP contribution in [0.2, 0.25) is 0 Å². The fraction of sp³-hybridized carbons (Fsp3) is 1.00. The maximum Gasteiger partial charge on any atom is 0.248 e. The summed E-state index contributed by atoms with van der Waals surface area (Å²) < 4.78 is 26.2. The van der Waals surface area contributed by atoms with Crippen molar-refractivity contribution in [2.24, 2.45) is 16.6 Å². The minimum absolute atomic E-state index is 0.0142. The van der Waals surface area contributed by atoms with E-state index in [0.29, 0.717) is 19.4 Å². The molecule has 1 saturated carbocycles. The maximum atomic E-state index is 13.1. The fourth-order valence-corrected chi connectivity index (χ4v) is 2.72. The summed E-state index contributed by atoms with van der Waals surface area (Å²) in [6, 6.07) is 0. The summed E-state index contributed by atoms with van der Waals surface area (Å²) in [4.78, 5) is 0. The molecule has 1 nitrogen and oxygen atoms in total. The molecule has 90 valence electrons. The minimum atomic E-state index is -2.45. The highest BCUT2D eigenvalue weighted by Crippen LogP contribution is 2.48. The molecule has 0 amide bonds. The van der Waals surface area contributed by atoms with Crippen molar-refractivity contribution in [3.05, 3.63) is 0 Å². The molecule has 0 aliphatic heterocycles. The van der Waals surface area contributed by atoms with E-state index in [9.17, 15) is 8.78 Å². The third kappa shape index (κ3) is 3.71. The third-order valence-corrected chi connectivity index (χ3v) is 3.38. The molecule has 1 fully saturated rings. The van der Waals surface area contributed by atoms with Crippen molar-refractivity contribution in [2.45, 2.75) is 58.8 Å². The molecule has 0 bridgehead atoms. The van der Waals surface area contributed by atoms with Gasteiger partial charge in [0.2, 0.25) is 5.92 Å². The molecule has 0 heterocycles. The first kappa shape index (κ1) is 12.9. The Balaban J connectivity index is 2.64. The highest BCUT2D eigenvalue weighted by molar-refractivity contribution is 4.91. The first-order valence-corrected chi connectivity index (χ1v) is 5.76. The Morgan fingerprint density at radius 1 is 1.07 bits per heavy atom. The van der Waals surface area contributed by atoms with Crippen LogP contribution in [-0.2, 0) is 0 Å². The van der Waals surface area contributed by atoms with E-state index in [4.69, 9.17) is 5.73 Å². The van der Waals surface area contributed by atoms with Crippen LogP contribution in [0.15, 0.2) is 0 Å². The largest absolute Gasteiger partial charge is 0.330 e. The zero-order valence-electron chi connectivity index (χ0n) is 10.1. The van der Waals surface area contributed by atoms with Gasteiger partial charge >= 0.3 is 0 Å². The highest BCUT2D eigenvalue weighted by atomic mass is 19.3. The van der Waals surface area contributed by atoms with E-state index in [1.807, 2.05) is 0 Å². The van der Waals surface area contributed by atoms with Crippen LogP contribution >= 0.6 is 0 Å². The van der Waals surface area contributed by atoms with Crippen LogP contribution in [0.5, 0.6) is 0 Å². The van der Waals surface area contributed by atoms with Crippen molar-refractivity contribution < 1.29 is 8.78 Å². The van der Waals surface area contributed by atoms with Crippen molar-refractivity contribution in [3.8, 4) is 0 Å². The molecule has 1 aliphatic rings. The van der Waals surface area contributed by atoms with E-state index in [-0.39, 0.29) is 23.7 Å². The van der Waals surface area contributed by atoms with Crippen molar-refractivity contribution in [1.82, 2.24) is 0 Å². The first-order valence-electron chi connectivity index (χ1n) is 5.76. The maximum absolute atomic E-state index is 13.1. The van der Waals surface area contributed by atoms with Gasteiger partial charge in [-0.25, -0.2) is 8.78 Å². The summed E-state index contributed by atoms with van der Waals surface area (Å²) in [5.41, 5.74) is 5.92. The number of alkyl halides is 2. The van der Waals surface area contributed by atoms with Crippen LogP contribution < -0.4 is 5.73 Å². The molecule has 15 heavy (non-hydrogen) atoms. The van der Waals surface area contributed by atoms with E-state index < -0.39 is 5.92 Å². The second kappa shape index (κ2) is 4.00. The fourth-order valence-electron chi connectivity index (χ4n) is 2.72. The van der Waals surface area contributed by atoms with Crippen molar-refractivity contribution >= 4 is 0 Å².